The first-order valence-electron chi connectivity index (χ1n) is 8.85. The van der Waals surface area contributed by atoms with Crippen molar-refractivity contribution in [3.63, 3.8) is 0 Å². The van der Waals surface area contributed by atoms with Gasteiger partial charge in [-0.15, -0.1) is 0 Å². The number of halogens is 5. The normalized spacial score (nSPS) is 10.9. The molecule has 0 radical (unpaired) electrons. The SMILES string of the molecule is O=C(Nc1c(Cl)cccc1Cl)Oc1cn(-c2ccc(F)cc2F)c2nc(Cl)ccc2c1=O. The molecule has 0 atom stereocenters. The summed E-state index contributed by atoms with van der Waals surface area (Å²) >= 11 is 18.0. The fourth-order valence-corrected chi connectivity index (χ4v) is 3.57. The molecule has 0 saturated heterocycles. The largest absolute Gasteiger partial charge is 0.417 e. The van der Waals surface area contributed by atoms with Crippen molar-refractivity contribution in [2.45, 2.75) is 0 Å². The Labute approximate surface area is 193 Å². The summed E-state index contributed by atoms with van der Waals surface area (Å²) in [4.78, 5) is 29.4. The number of nitrogens with zero attached hydrogens (tertiary/aromatic N) is 2. The van der Waals surface area contributed by atoms with Gasteiger partial charge in [0.1, 0.15) is 22.4 Å². The fourth-order valence-electron chi connectivity index (χ4n) is 2.93. The second kappa shape index (κ2) is 8.74. The number of pyridine rings is 2. The van der Waals surface area contributed by atoms with Crippen LogP contribution in [0.3, 0.4) is 0 Å². The van der Waals surface area contributed by atoms with Gasteiger partial charge in [0.15, 0.2) is 5.75 Å². The number of carbonyl (C=O) groups is 1. The van der Waals surface area contributed by atoms with Gasteiger partial charge in [-0.2, -0.15) is 0 Å². The Balaban J connectivity index is 1.82. The van der Waals surface area contributed by atoms with E-state index in [2.05, 4.69) is 10.3 Å². The topological polar surface area (TPSA) is 73.2 Å². The van der Waals surface area contributed by atoms with Gasteiger partial charge in [0, 0.05) is 6.07 Å². The molecule has 0 spiro atoms. The van der Waals surface area contributed by atoms with Crippen molar-refractivity contribution in [3.8, 4) is 11.4 Å². The zero-order chi connectivity index (χ0) is 23.0. The molecule has 4 aromatic rings. The summed E-state index contributed by atoms with van der Waals surface area (Å²) in [6, 6.07) is 10.1. The van der Waals surface area contributed by atoms with Crippen molar-refractivity contribution >= 4 is 57.6 Å². The van der Waals surface area contributed by atoms with Crippen LogP contribution in [0.5, 0.6) is 5.75 Å². The fraction of sp³-hybridized carbons (Fsp3) is 0. The molecule has 6 nitrogen and oxygen atoms in total. The van der Waals surface area contributed by atoms with E-state index < -0.39 is 28.9 Å². The number of nitrogens with one attached hydrogen (secondary N) is 1. The molecule has 0 unspecified atom stereocenters. The van der Waals surface area contributed by atoms with Gasteiger partial charge in [-0.25, -0.2) is 18.6 Å². The highest BCUT2D eigenvalue weighted by Crippen LogP contribution is 2.30. The van der Waals surface area contributed by atoms with Gasteiger partial charge >= 0.3 is 6.09 Å². The summed E-state index contributed by atoms with van der Waals surface area (Å²) in [5.41, 5.74) is -0.788. The second-order valence-corrected chi connectivity index (χ2v) is 7.61. The highest BCUT2D eigenvalue weighted by Gasteiger charge is 2.19. The highest BCUT2D eigenvalue weighted by molar-refractivity contribution is 6.39. The lowest BCUT2D eigenvalue weighted by atomic mass is 10.2. The molecule has 11 heteroatoms. The summed E-state index contributed by atoms with van der Waals surface area (Å²) < 4.78 is 34.2. The maximum atomic E-state index is 14.5. The Morgan fingerprint density at radius 3 is 2.44 bits per heavy atom. The monoisotopic (exact) mass is 495 g/mol. The first kappa shape index (κ1) is 22.0. The van der Waals surface area contributed by atoms with Crippen LogP contribution in [0.1, 0.15) is 0 Å². The van der Waals surface area contributed by atoms with E-state index in [9.17, 15) is 18.4 Å². The molecule has 0 saturated carbocycles. The van der Waals surface area contributed by atoms with Crippen LogP contribution in [-0.4, -0.2) is 15.6 Å². The smallest absolute Gasteiger partial charge is 0.404 e. The van der Waals surface area contributed by atoms with Crippen LogP contribution in [0.25, 0.3) is 16.7 Å². The molecular formula is C21H10Cl3F2N3O3. The van der Waals surface area contributed by atoms with E-state index in [1.54, 1.807) is 6.07 Å². The predicted octanol–water partition coefficient (Wildman–Crippen LogP) is 6.24. The van der Waals surface area contributed by atoms with Gasteiger partial charge < -0.3 is 4.74 Å². The summed E-state index contributed by atoms with van der Waals surface area (Å²) in [5.74, 6) is -2.18. The molecule has 32 heavy (non-hydrogen) atoms. The third-order valence-electron chi connectivity index (χ3n) is 4.35. The van der Waals surface area contributed by atoms with E-state index in [-0.39, 0.29) is 37.6 Å². The molecule has 2 heterocycles. The summed E-state index contributed by atoms with van der Waals surface area (Å²) in [5, 5.41) is 2.68. The zero-order valence-corrected chi connectivity index (χ0v) is 18.0. The lowest BCUT2D eigenvalue weighted by molar-refractivity contribution is 0.214. The minimum Gasteiger partial charge on any atom is -0.404 e. The van der Waals surface area contributed by atoms with Crippen LogP contribution < -0.4 is 15.5 Å². The molecule has 4 rings (SSSR count). The number of ether oxygens (including phenoxy) is 1. The van der Waals surface area contributed by atoms with Crippen molar-refractivity contribution < 1.29 is 18.3 Å². The third kappa shape index (κ3) is 4.25. The Hall–Kier alpha value is -3.20. The molecule has 162 valence electrons. The lowest BCUT2D eigenvalue weighted by Crippen LogP contribution is -2.22. The number of fused-ring (bicyclic) bond motifs is 1. The zero-order valence-electron chi connectivity index (χ0n) is 15.7. The number of carbonyl (C=O) groups excluding carboxylic acids is 1. The number of para-hydroxylation sites is 1. The Morgan fingerprint density at radius 1 is 1.03 bits per heavy atom. The molecule has 2 aromatic carbocycles. The van der Waals surface area contributed by atoms with Crippen LogP contribution >= 0.6 is 34.8 Å². The third-order valence-corrected chi connectivity index (χ3v) is 5.19. The van der Waals surface area contributed by atoms with Gasteiger partial charge in [-0.1, -0.05) is 40.9 Å². The van der Waals surface area contributed by atoms with E-state index >= 15 is 0 Å². The van der Waals surface area contributed by atoms with Crippen molar-refractivity contribution in [2.24, 2.45) is 0 Å². The van der Waals surface area contributed by atoms with Gasteiger partial charge in [0.2, 0.25) is 5.43 Å². The van der Waals surface area contributed by atoms with Gasteiger partial charge in [0.05, 0.1) is 33.0 Å². The van der Waals surface area contributed by atoms with Gasteiger partial charge in [-0.3, -0.25) is 14.7 Å². The first-order valence-corrected chi connectivity index (χ1v) is 9.98. The molecule has 2 aromatic heterocycles. The standard InChI is InChI=1S/C21H10Cl3F2N3O3/c22-12-2-1-3-13(23)18(12)28-21(31)32-16-9-29(15-6-4-10(25)8-14(15)26)20-11(19(16)30)5-7-17(24)27-20/h1-9H,(H,28,31). The molecule has 0 fully saturated rings. The number of benzene rings is 2. The first-order chi connectivity index (χ1) is 15.2. The summed E-state index contributed by atoms with van der Waals surface area (Å²) in [6.45, 7) is 0. The van der Waals surface area contributed by atoms with Crippen molar-refractivity contribution in [1.29, 1.82) is 0 Å². The van der Waals surface area contributed by atoms with Gasteiger partial charge in [0.25, 0.3) is 0 Å². The molecule has 1 N–H and O–H groups in total. The minimum atomic E-state index is -1.07. The second-order valence-electron chi connectivity index (χ2n) is 6.40. The van der Waals surface area contributed by atoms with Crippen LogP contribution in [-0.2, 0) is 0 Å². The van der Waals surface area contributed by atoms with E-state index in [4.69, 9.17) is 39.5 Å². The molecule has 0 aliphatic heterocycles. The van der Waals surface area contributed by atoms with Crippen LogP contribution in [0.2, 0.25) is 15.2 Å². The summed E-state index contributed by atoms with van der Waals surface area (Å²) in [7, 11) is 0. The molecular weight excluding hydrogens is 487 g/mol. The van der Waals surface area contributed by atoms with E-state index in [1.165, 1.54) is 24.3 Å². The number of hydrogen-bond donors (Lipinski definition) is 1. The maximum Gasteiger partial charge on any atom is 0.417 e. The van der Waals surface area contributed by atoms with E-state index in [1.807, 2.05) is 0 Å². The number of aromatic nitrogens is 2. The summed E-state index contributed by atoms with van der Waals surface area (Å²) in [6.07, 6.45) is -0.0116. The molecule has 0 bridgehead atoms. The number of anilines is 1. The maximum absolute atomic E-state index is 14.5. The molecule has 1 amide bonds. The number of hydrogen-bond acceptors (Lipinski definition) is 4. The van der Waals surface area contributed by atoms with E-state index in [0.29, 0.717) is 6.07 Å². The van der Waals surface area contributed by atoms with Crippen LogP contribution in [0, 0.1) is 11.6 Å². The van der Waals surface area contributed by atoms with Crippen LogP contribution in [0.15, 0.2) is 59.5 Å². The molecule has 0 aliphatic rings. The van der Waals surface area contributed by atoms with Gasteiger partial charge in [-0.05, 0) is 36.4 Å². The van der Waals surface area contributed by atoms with Crippen molar-refractivity contribution in [3.05, 3.63) is 91.8 Å². The average molecular weight is 497 g/mol. The van der Waals surface area contributed by atoms with Crippen molar-refractivity contribution in [1.82, 2.24) is 9.55 Å². The number of amides is 1. The van der Waals surface area contributed by atoms with E-state index in [0.717, 1.165) is 22.9 Å². The Morgan fingerprint density at radius 2 is 1.75 bits per heavy atom. The molecule has 0 aliphatic carbocycles. The van der Waals surface area contributed by atoms with Crippen molar-refractivity contribution in [2.75, 3.05) is 5.32 Å². The minimum absolute atomic E-state index is 0.0146. The highest BCUT2D eigenvalue weighted by atomic mass is 35.5. The Kier molecular flexibility index (Phi) is 6.01. The Bertz CT molecular complexity index is 1420. The lowest BCUT2D eigenvalue weighted by Gasteiger charge is -2.14. The average Bonchev–Trinajstić information content (AvgIpc) is 2.73. The number of rotatable bonds is 3. The van der Waals surface area contributed by atoms with Crippen LogP contribution in [0.4, 0.5) is 19.3 Å². The quantitative estimate of drug-likeness (QED) is 0.341. The predicted molar refractivity (Wildman–Crippen MR) is 118 cm³/mol.